The molecule has 368 valence electrons. The zero-order chi connectivity index (χ0) is 47.8. The number of nitrogens with zero attached hydrogens (tertiary/aromatic N) is 5. The summed E-state index contributed by atoms with van der Waals surface area (Å²) in [4.78, 5) is 88.2. The molecule has 0 bridgehead atoms. The lowest BCUT2D eigenvalue weighted by atomic mass is 9.62. The molecule has 2 aliphatic heterocycles. The lowest BCUT2D eigenvalue weighted by Crippen LogP contribution is -2.60. The predicted octanol–water partition coefficient (Wildman–Crippen LogP) is 4.12. The van der Waals surface area contributed by atoms with Crippen LogP contribution in [-0.2, 0) is 33.8 Å². The van der Waals surface area contributed by atoms with Crippen LogP contribution in [0.25, 0.3) is 0 Å². The fourth-order valence-corrected chi connectivity index (χ4v) is 12.8. The average Bonchev–Trinajstić information content (AvgIpc) is 4.08. The highest BCUT2D eigenvalue weighted by molar-refractivity contribution is 5.68. The molecule has 4 N–H and O–H groups in total. The molecule has 3 aliphatic carbocycles. The van der Waals surface area contributed by atoms with Crippen molar-refractivity contribution in [3.05, 3.63) is 31.5 Å². The van der Waals surface area contributed by atoms with Crippen molar-refractivity contribution in [2.45, 2.75) is 171 Å². The van der Waals surface area contributed by atoms with E-state index in [0.29, 0.717) is 84.1 Å². The Morgan fingerprint density at radius 1 is 0.554 bits per heavy atom. The summed E-state index contributed by atoms with van der Waals surface area (Å²) in [6, 6.07) is -0.888. The van der Waals surface area contributed by atoms with Crippen LogP contribution < -0.4 is 33.0 Å². The summed E-state index contributed by atoms with van der Waals surface area (Å²) in [5.41, 5.74) is -4.83. The average molecular weight is 917 g/mol. The maximum absolute atomic E-state index is 15.0. The first kappa shape index (κ1) is 50.5. The minimum atomic E-state index is -0.691. The standard InChI is InChI=1S/C47H80N8O10/c1-32(25-56)65-38(59)50-35-21-44(6,7)28-47(10,24-35)31-55-40(61)53(29-45(8)22-33(19-42(2,3)26-45)48-36(57)63-17-15-51-11-12-51)39(60)54(41(55)62)30-46(9)23-34(20-43(4,5)27-46)49-37(58)64-18-16-52-13-14-52/h32-35,56H,11-31H2,1-10H3,(H,48,57)(H,49,58)(H,50,59)/t32-,33?,34?,35+,45?,46?,47?/m0/s1. The number of ether oxygens (including phenoxy) is 3. The topological polar surface area (TPSA) is 207 Å². The third kappa shape index (κ3) is 14.3. The van der Waals surface area contributed by atoms with Crippen LogP contribution in [-0.4, -0.2) is 130 Å². The van der Waals surface area contributed by atoms with Crippen LogP contribution in [0.3, 0.4) is 0 Å². The van der Waals surface area contributed by atoms with Crippen molar-refractivity contribution in [3.63, 3.8) is 0 Å². The van der Waals surface area contributed by atoms with Gasteiger partial charge in [0.1, 0.15) is 19.3 Å². The van der Waals surface area contributed by atoms with Crippen molar-refractivity contribution in [2.75, 3.05) is 59.1 Å². The molecule has 65 heavy (non-hydrogen) atoms. The second-order valence-electron chi connectivity index (χ2n) is 24.2. The molecule has 3 heterocycles. The number of aliphatic hydroxyl groups excluding tert-OH is 1. The zero-order valence-corrected chi connectivity index (χ0v) is 41.0. The Kier molecular flexibility index (Phi) is 15.1. The van der Waals surface area contributed by atoms with Gasteiger partial charge < -0.3 is 35.3 Å². The summed E-state index contributed by atoms with van der Waals surface area (Å²) in [6.07, 6.45) is 3.06. The van der Waals surface area contributed by atoms with Gasteiger partial charge in [-0.25, -0.2) is 42.5 Å². The predicted molar refractivity (Wildman–Crippen MR) is 246 cm³/mol. The van der Waals surface area contributed by atoms with Crippen molar-refractivity contribution in [1.82, 2.24) is 39.5 Å². The Hall–Kier alpha value is -3.90. The smallest absolute Gasteiger partial charge is 0.407 e. The highest BCUT2D eigenvalue weighted by Gasteiger charge is 2.47. The van der Waals surface area contributed by atoms with Crippen LogP contribution in [0.4, 0.5) is 14.4 Å². The molecule has 1 aromatic rings. The van der Waals surface area contributed by atoms with Gasteiger partial charge in [0, 0.05) is 77.0 Å². The van der Waals surface area contributed by atoms with Gasteiger partial charge in [0.25, 0.3) is 0 Å². The minimum absolute atomic E-state index is 0.0000384. The van der Waals surface area contributed by atoms with Gasteiger partial charge in [-0.15, -0.1) is 0 Å². The molecule has 3 saturated carbocycles. The molecule has 18 nitrogen and oxygen atoms in total. The van der Waals surface area contributed by atoms with E-state index in [2.05, 4.69) is 67.3 Å². The number of hydrogen-bond acceptors (Lipinski definition) is 12. The number of hydrogen-bond donors (Lipinski definition) is 4. The van der Waals surface area contributed by atoms with E-state index in [1.165, 1.54) is 13.7 Å². The maximum Gasteiger partial charge on any atom is 0.407 e. The molecule has 6 rings (SSSR count). The van der Waals surface area contributed by atoms with E-state index in [-0.39, 0.29) is 60.6 Å². The lowest BCUT2D eigenvalue weighted by Gasteiger charge is -2.48. The maximum atomic E-state index is 15.0. The summed E-state index contributed by atoms with van der Waals surface area (Å²) < 4.78 is 20.1. The van der Waals surface area contributed by atoms with Crippen molar-refractivity contribution in [2.24, 2.45) is 32.5 Å². The third-order valence-corrected chi connectivity index (χ3v) is 14.2. The van der Waals surface area contributed by atoms with Crippen LogP contribution >= 0.6 is 0 Å². The van der Waals surface area contributed by atoms with Crippen molar-refractivity contribution in [3.8, 4) is 0 Å². The SMILES string of the molecule is C[C@@H](CO)OC(=O)N[C@@H]1CC(C)(C)CC(C)(Cn2c(=O)n(CC3(C)CC(NC(=O)OCCN4CC4)CC(C)(C)C3)c(=O)n(CC3(C)CC(NC(=O)OCCN4CC4)CC(C)(C)C3)c2=O)C1. The van der Waals surface area contributed by atoms with E-state index in [1.807, 2.05) is 20.8 Å². The van der Waals surface area contributed by atoms with Gasteiger partial charge in [-0.1, -0.05) is 62.3 Å². The summed E-state index contributed by atoms with van der Waals surface area (Å²) >= 11 is 0. The Bertz CT molecular complexity index is 1960. The molecule has 7 atom stereocenters. The fourth-order valence-electron chi connectivity index (χ4n) is 12.8. The van der Waals surface area contributed by atoms with Crippen LogP contribution in [0.15, 0.2) is 14.4 Å². The molecule has 2 saturated heterocycles. The molecule has 18 heteroatoms. The number of aliphatic hydroxyl groups is 1. The van der Waals surface area contributed by atoms with Gasteiger partial charge >= 0.3 is 35.3 Å². The van der Waals surface area contributed by atoms with E-state index in [4.69, 9.17) is 14.2 Å². The monoisotopic (exact) mass is 917 g/mol. The first-order valence-electron chi connectivity index (χ1n) is 24.0. The van der Waals surface area contributed by atoms with Crippen molar-refractivity contribution < 1.29 is 33.7 Å². The number of nitrogens with one attached hydrogen (secondary N) is 3. The number of alkyl carbamates (subject to hydrolysis) is 3. The van der Waals surface area contributed by atoms with Crippen LogP contribution in [0.1, 0.15) is 127 Å². The highest BCUT2D eigenvalue weighted by atomic mass is 16.6. The Labute approximate surface area is 384 Å². The summed E-state index contributed by atoms with van der Waals surface area (Å²) in [7, 11) is 0. The Morgan fingerprint density at radius 3 is 1.15 bits per heavy atom. The van der Waals surface area contributed by atoms with Gasteiger partial charge in [-0.2, -0.15) is 0 Å². The first-order valence-corrected chi connectivity index (χ1v) is 24.0. The van der Waals surface area contributed by atoms with Crippen LogP contribution in [0.5, 0.6) is 0 Å². The quantitative estimate of drug-likeness (QED) is 0.129. The third-order valence-electron chi connectivity index (χ3n) is 14.2. The molecule has 1 aromatic heterocycles. The van der Waals surface area contributed by atoms with E-state index in [0.717, 1.165) is 26.2 Å². The Morgan fingerprint density at radius 2 is 0.862 bits per heavy atom. The van der Waals surface area contributed by atoms with E-state index in [1.54, 1.807) is 6.92 Å². The molecular formula is C47H80N8O10. The van der Waals surface area contributed by atoms with E-state index in [9.17, 15) is 33.9 Å². The van der Waals surface area contributed by atoms with E-state index >= 15 is 0 Å². The van der Waals surface area contributed by atoms with Gasteiger partial charge in [-0.05, 0) is 97.2 Å². The van der Waals surface area contributed by atoms with Crippen LogP contribution in [0.2, 0.25) is 0 Å². The number of amides is 3. The zero-order valence-electron chi connectivity index (χ0n) is 41.0. The number of carbonyl (C=O) groups excluding carboxylic acids is 3. The molecule has 5 unspecified atom stereocenters. The van der Waals surface area contributed by atoms with Crippen molar-refractivity contribution in [1.29, 1.82) is 0 Å². The number of aromatic nitrogens is 3. The van der Waals surface area contributed by atoms with Gasteiger partial charge in [-0.3, -0.25) is 9.80 Å². The summed E-state index contributed by atoms with van der Waals surface area (Å²) in [5.74, 6) is 0. The Balaban J connectivity index is 1.33. The van der Waals surface area contributed by atoms with E-state index < -0.39 is 57.7 Å². The van der Waals surface area contributed by atoms with Gasteiger partial charge in [0.05, 0.1) is 6.61 Å². The second-order valence-corrected chi connectivity index (χ2v) is 24.2. The summed E-state index contributed by atoms with van der Waals surface area (Å²) in [5, 5.41) is 18.6. The summed E-state index contributed by atoms with van der Waals surface area (Å²) in [6.45, 7) is 26.1. The second kappa shape index (κ2) is 19.4. The highest BCUT2D eigenvalue weighted by Crippen LogP contribution is 2.49. The molecule has 5 fully saturated rings. The minimum Gasteiger partial charge on any atom is -0.448 e. The molecular weight excluding hydrogens is 837 g/mol. The molecule has 0 aromatic carbocycles. The molecule has 5 aliphatic rings. The van der Waals surface area contributed by atoms with Gasteiger partial charge in [0.15, 0.2) is 0 Å². The lowest BCUT2D eigenvalue weighted by molar-refractivity contribution is 0.0348. The number of rotatable bonds is 17. The normalized spacial score (nSPS) is 31.0. The van der Waals surface area contributed by atoms with Gasteiger partial charge in [0.2, 0.25) is 0 Å². The van der Waals surface area contributed by atoms with Crippen molar-refractivity contribution >= 4 is 18.3 Å². The number of carbonyl (C=O) groups is 3. The fraction of sp³-hybridized carbons (Fsp3) is 0.872. The molecule has 3 amide bonds. The van der Waals surface area contributed by atoms with Crippen LogP contribution in [0, 0.1) is 32.5 Å². The molecule has 0 spiro atoms. The largest absolute Gasteiger partial charge is 0.448 e. The molecule has 0 radical (unpaired) electrons. The first-order chi connectivity index (χ1) is 30.2.